The maximum Gasteiger partial charge on any atom is 0.140 e. The first kappa shape index (κ1) is 88.9. The molecule has 17 rings (SSSR count). The van der Waals surface area contributed by atoms with Gasteiger partial charge in [0.25, 0.3) is 0 Å². The summed E-state index contributed by atoms with van der Waals surface area (Å²) in [5.41, 5.74) is 25.5. The fraction of sp³-hybridized carbons (Fsp3) is 0.323. The molecule has 0 radical (unpaired) electrons. The zero-order chi connectivity index (χ0) is 88.4. The summed E-state index contributed by atoms with van der Waals surface area (Å²) in [4.78, 5) is 0. The molecule has 0 aromatic heterocycles. The average Bonchev–Trinajstić information content (AvgIpc) is 1.51. The molecule has 0 spiro atoms. The monoisotopic (exact) mass is 1690 g/mol. The third-order valence-corrected chi connectivity index (χ3v) is 28.2. The van der Waals surface area contributed by atoms with Crippen molar-refractivity contribution in [2.24, 2.45) is 0 Å². The molecule has 1 aliphatic carbocycles. The molecule has 0 saturated carbocycles. The lowest BCUT2D eigenvalue weighted by atomic mass is 9.66. The molecule has 0 atom stereocenters. The maximum absolute atomic E-state index is 6.39. The van der Waals surface area contributed by atoms with Crippen LogP contribution in [0, 0.1) is 50.1 Å². The van der Waals surface area contributed by atoms with E-state index in [0.29, 0.717) is 5.75 Å². The Balaban J connectivity index is 0.799. The summed E-state index contributed by atoms with van der Waals surface area (Å²) in [6.45, 7) is 16.8. The molecule has 0 N–H and O–H groups in total. The van der Waals surface area contributed by atoms with E-state index in [1.807, 2.05) is 6.07 Å². The number of terminal acetylenes is 1. The Kier molecular flexibility index (Phi) is 29.2. The summed E-state index contributed by atoms with van der Waals surface area (Å²) < 4.78 is 12.2. The van der Waals surface area contributed by atoms with Gasteiger partial charge in [0, 0.05) is 11.8 Å². The van der Waals surface area contributed by atoms with Crippen molar-refractivity contribution in [1.29, 1.82) is 0 Å². The van der Waals surface area contributed by atoms with Crippen LogP contribution in [0.3, 0.4) is 0 Å². The van der Waals surface area contributed by atoms with Gasteiger partial charge in [0.1, 0.15) is 17.6 Å². The highest BCUT2D eigenvalue weighted by atomic mass is 16.5. The Bertz CT molecular complexity index is 6870. The minimum atomic E-state index is -0.648. The van der Waals surface area contributed by atoms with Crippen LogP contribution in [0.2, 0.25) is 0 Å². The van der Waals surface area contributed by atoms with Gasteiger partial charge in [-0.3, -0.25) is 0 Å². The van der Waals surface area contributed by atoms with Crippen LogP contribution in [0.15, 0.2) is 255 Å². The number of fused-ring (bicyclic) bond motifs is 11. The quantitative estimate of drug-likeness (QED) is 0.0216. The zero-order valence-corrected chi connectivity index (χ0v) is 78.0. The first-order chi connectivity index (χ1) is 63.5. The van der Waals surface area contributed by atoms with Crippen molar-refractivity contribution in [3.63, 3.8) is 0 Å². The molecule has 16 aromatic rings. The largest absolute Gasteiger partial charge is 0.494 e. The summed E-state index contributed by atoms with van der Waals surface area (Å²) in [7, 11) is 0. The van der Waals surface area contributed by atoms with Gasteiger partial charge in [-0.15, -0.1) is 6.42 Å². The average molecular weight is 1690 g/mol. The van der Waals surface area contributed by atoms with Gasteiger partial charge >= 0.3 is 0 Å². The van der Waals surface area contributed by atoms with Crippen molar-refractivity contribution >= 4 is 86.2 Å². The molecule has 2 nitrogen and oxygen atoms in total. The number of benzene rings is 16. The Labute approximate surface area is 770 Å². The molecule has 0 heterocycles. The lowest BCUT2D eigenvalue weighted by molar-refractivity contribution is 0.305. The van der Waals surface area contributed by atoms with E-state index in [4.69, 9.17) is 15.9 Å². The first-order valence-electron chi connectivity index (χ1n) is 49.7. The Hall–Kier alpha value is -12.1. The van der Waals surface area contributed by atoms with Gasteiger partial charge in [-0.05, 0) is 330 Å². The summed E-state index contributed by atoms with van der Waals surface area (Å²) in [5, 5.41) is 20.0. The van der Waals surface area contributed by atoms with Gasteiger partial charge in [-0.25, -0.2) is 0 Å². The van der Waals surface area contributed by atoms with E-state index in [1.165, 1.54) is 360 Å². The molecule has 1 aliphatic rings. The van der Waals surface area contributed by atoms with E-state index in [-0.39, 0.29) is 0 Å². The molecule has 0 saturated heterocycles. The van der Waals surface area contributed by atoms with Gasteiger partial charge in [0.15, 0.2) is 0 Å². The van der Waals surface area contributed by atoms with Gasteiger partial charge in [0.05, 0.1) is 12.0 Å². The van der Waals surface area contributed by atoms with Crippen molar-refractivity contribution in [2.45, 2.75) is 259 Å². The zero-order valence-electron chi connectivity index (χ0n) is 78.0. The Morgan fingerprint density at radius 2 is 0.566 bits per heavy atom. The standard InChI is InChI=1S/C127H130O2/c1-9-15-21-27-31-35-41-91-49-71-115-117(77-91)123(113-69-47-93(43-37-33-29-23-17-11-3)79-119(113)125(115)105-57-53-101-87-109(65-61-97(101)83-105)128-73-39-25-19-13-5)103-55-51-99-85-107(63-59-95(99)81-103)127(121-75-89(7)45-67-111(121)112-68-46-90(8)76-122(112)127)108-64-60-96-82-104(56-52-100(96)86-108)124-114-70-48-94(44-38-34-30-24-18-12-4)80-120(114)126(116-72-50-92(78-118(116)124)42-36-32-28-22-16-10-2)106-58-54-102-88-110(66-62-98(102)84-106)129-74-40-26-20-14-6/h5,45-72,75-88H,9-12,14-18,20-24,26-38,40-44,74H2,1-4,6-8H3. The molecule has 129 heavy (non-hydrogen) atoms. The van der Waals surface area contributed by atoms with Gasteiger partial charge in [0.2, 0.25) is 0 Å². The van der Waals surface area contributed by atoms with Gasteiger partial charge in [-0.1, -0.05) is 388 Å². The van der Waals surface area contributed by atoms with E-state index < -0.39 is 5.41 Å². The molecule has 0 unspecified atom stereocenters. The van der Waals surface area contributed by atoms with Crippen molar-refractivity contribution < 1.29 is 9.47 Å². The lowest BCUT2D eigenvalue weighted by Gasteiger charge is -2.35. The summed E-state index contributed by atoms with van der Waals surface area (Å²) in [5.74, 6) is 11.9. The second-order valence-corrected chi connectivity index (χ2v) is 37.6. The molecule has 2 heteroatoms. The number of unbranched alkanes of at least 4 members (excludes halogenated alkanes) is 23. The number of rotatable bonds is 41. The second kappa shape index (κ2) is 42.4. The van der Waals surface area contributed by atoms with Crippen LogP contribution in [0.1, 0.15) is 270 Å². The summed E-state index contributed by atoms with van der Waals surface area (Å²) in [6.07, 6.45) is 47.5. The minimum Gasteiger partial charge on any atom is -0.494 e. The van der Waals surface area contributed by atoms with Crippen LogP contribution in [0.25, 0.3) is 142 Å². The number of ether oxygens (including phenoxy) is 2. The Morgan fingerprint density at radius 1 is 0.256 bits per heavy atom. The van der Waals surface area contributed by atoms with E-state index in [0.717, 1.165) is 55.2 Å². The first-order valence-corrected chi connectivity index (χ1v) is 49.7. The molecule has 0 amide bonds. The van der Waals surface area contributed by atoms with Crippen LogP contribution in [0.4, 0.5) is 0 Å². The molecule has 0 fully saturated rings. The normalized spacial score (nSPS) is 12.2. The third kappa shape index (κ3) is 19.7. The molecule has 0 bridgehead atoms. The van der Waals surface area contributed by atoms with Gasteiger partial charge < -0.3 is 9.47 Å². The highest BCUT2D eigenvalue weighted by Crippen LogP contribution is 2.58. The van der Waals surface area contributed by atoms with Crippen LogP contribution < -0.4 is 9.47 Å². The SMILES string of the molecule is C#CC#CC#COc1ccc2cc(-c3c4ccc(CCCCCCCC)cc4c(-c4ccc5cc(C6(c7ccc8cc(-c9c%10ccc(CCCCCCCC)cc%10c(-c%10ccc%11cc(OCCCCCC)ccc%11c%10)c%10ccc(CCCCCCCC)cc9%10)ccc8c7)c7cc(C)ccc7-c7ccc(C)cc76)ccc5c4)c4ccc(CCCCCCCC)cc34)ccc2c1. The predicted octanol–water partition coefficient (Wildman–Crippen LogP) is 36.1. The molecular formula is C127H130O2. The topological polar surface area (TPSA) is 18.5 Å². The number of hydrogen-bond acceptors (Lipinski definition) is 2. The molecule has 650 valence electrons. The van der Waals surface area contributed by atoms with E-state index in [1.54, 1.807) is 0 Å². The highest BCUT2D eigenvalue weighted by Gasteiger charge is 2.47. The third-order valence-electron chi connectivity index (χ3n) is 28.2. The smallest absolute Gasteiger partial charge is 0.140 e. The molecule has 0 aliphatic heterocycles. The summed E-state index contributed by atoms with van der Waals surface area (Å²) in [6, 6.07) is 102. The minimum absolute atomic E-state index is 0.648. The number of aryl methyl sites for hydroxylation is 6. The van der Waals surface area contributed by atoms with Crippen molar-refractivity contribution in [3.05, 3.63) is 310 Å². The van der Waals surface area contributed by atoms with Crippen LogP contribution in [-0.2, 0) is 31.1 Å². The van der Waals surface area contributed by atoms with Crippen molar-refractivity contribution in [1.82, 2.24) is 0 Å². The fourth-order valence-corrected chi connectivity index (χ4v) is 21.4. The van der Waals surface area contributed by atoms with E-state index >= 15 is 0 Å². The predicted molar refractivity (Wildman–Crippen MR) is 558 cm³/mol. The van der Waals surface area contributed by atoms with Crippen LogP contribution in [-0.4, -0.2) is 6.61 Å². The highest BCUT2D eigenvalue weighted by molar-refractivity contribution is 6.24. The van der Waals surface area contributed by atoms with E-state index in [9.17, 15) is 0 Å². The summed E-state index contributed by atoms with van der Waals surface area (Å²) >= 11 is 0. The fourth-order valence-electron chi connectivity index (χ4n) is 21.4. The lowest BCUT2D eigenvalue weighted by Crippen LogP contribution is -2.28. The van der Waals surface area contributed by atoms with Crippen LogP contribution >= 0.6 is 0 Å². The number of hydrogen-bond donors (Lipinski definition) is 0. The maximum atomic E-state index is 6.39. The van der Waals surface area contributed by atoms with Crippen molar-refractivity contribution in [3.8, 4) is 103 Å². The van der Waals surface area contributed by atoms with Crippen LogP contribution in [0.5, 0.6) is 11.5 Å². The molecule has 16 aromatic carbocycles. The second-order valence-electron chi connectivity index (χ2n) is 37.6. The molecular weight excluding hydrogens is 1560 g/mol. The Morgan fingerprint density at radius 3 is 0.930 bits per heavy atom. The van der Waals surface area contributed by atoms with Crippen molar-refractivity contribution in [2.75, 3.05) is 6.61 Å². The van der Waals surface area contributed by atoms with E-state index in [2.05, 4.69) is 327 Å². The van der Waals surface area contributed by atoms with Gasteiger partial charge in [-0.2, -0.15) is 0 Å².